The van der Waals surface area contributed by atoms with Crippen LogP contribution in [0.3, 0.4) is 0 Å². The predicted octanol–water partition coefficient (Wildman–Crippen LogP) is 6.06. The smallest absolute Gasteiger partial charge is 0.142 e. The molecule has 4 N–H and O–H groups in total. The van der Waals surface area contributed by atoms with Crippen LogP contribution in [0, 0.1) is 0 Å². The quantitative estimate of drug-likeness (QED) is 0.162. The van der Waals surface area contributed by atoms with E-state index in [0.29, 0.717) is 50.7 Å². The fourth-order valence-electron chi connectivity index (χ4n) is 4.57. The summed E-state index contributed by atoms with van der Waals surface area (Å²) < 4.78 is 52.7. The third-order valence-corrected chi connectivity index (χ3v) is 8.07. The van der Waals surface area contributed by atoms with Crippen molar-refractivity contribution < 1.29 is 22.3 Å². The minimum absolute atomic E-state index is 0.0542. The molecule has 0 spiro atoms. The van der Waals surface area contributed by atoms with Crippen LogP contribution in [0.4, 0.5) is 11.4 Å². The lowest BCUT2D eigenvalue weighted by atomic mass is 10.0. The first-order valence-corrected chi connectivity index (χ1v) is 15.0. The number of aromatic nitrogens is 2. The molecular formula is C32H22N4O5S2-2. The molecule has 43 heavy (non-hydrogen) atoms. The van der Waals surface area contributed by atoms with Gasteiger partial charge in [-0.15, -0.1) is 0 Å². The lowest BCUT2D eigenvalue weighted by molar-refractivity contribution is 0.464. The summed E-state index contributed by atoms with van der Waals surface area (Å²) in [7, 11) is 0. The Morgan fingerprint density at radius 3 is 1.65 bits per heavy atom. The van der Waals surface area contributed by atoms with Gasteiger partial charge < -0.3 is 25.3 Å². The van der Waals surface area contributed by atoms with Crippen LogP contribution < -0.4 is 16.2 Å². The van der Waals surface area contributed by atoms with Crippen LogP contribution >= 0.6 is 0 Å². The SMILES string of the molecule is Nc1ccc(-c2nc3ccc(Oc4ccc(-c5ccc(S(=O)[O-])cc5)cc4S(=O)[O-])cc3nc2-c2ccc(N)cc2)cc1. The van der Waals surface area contributed by atoms with Gasteiger partial charge in [0.15, 0.2) is 0 Å². The molecule has 0 saturated heterocycles. The highest BCUT2D eigenvalue weighted by Gasteiger charge is 2.15. The number of nitrogens with zero attached hydrogens (tertiary/aromatic N) is 2. The van der Waals surface area contributed by atoms with Gasteiger partial charge >= 0.3 is 0 Å². The van der Waals surface area contributed by atoms with E-state index in [1.165, 1.54) is 18.2 Å². The number of benzene rings is 5. The van der Waals surface area contributed by atoms with Gasteiger partial charge in [0.1, 0.15) is 11.5 Å². The van der Waals surface area contributed by atoms with Crippen LogP contribution in [0.1, 0.15) is 0 Å². The molecule has 2 atom stereocenters. The molecular weight excluding hydrogens is 585 g/mol. The highest BCUT2D eigenvalue weighted by Crippen LogP contribution is 2.35. The molecule has 6 aromatic rings. The van der Waals surface area contributed by atoms with Crippen molar-refractivity contribution in [2.24, 2.45) is 0 Å². The van der Waals surface area contributed by atoms with Crippen LogP contribution in [0.2, 0.25) is 0 Å². The molecule has 11 heteroatoms. The highest BCUT2D eigenvalue weighted by molar-refractivity contribution is 7.79. The summed E-state index contributed by atoms with van der Waals surface area (Å²) >= 11 is -4.97. The van der Waals surface area contributed by atoms with Gasteiger partial charge in [0, 0.05) is 33.5 Å². The largest absolute Gasteiger partial charge is 0.768 e. The second-order valence-corrected chi connectivity index (χ2v) is 11.4. The zero-order valence-corrected chi connectivity index (χ0v) is 23.9. The molecule has 0 aliphatic carbocycles. The van der Waals surface area contributed by atoms with E-state index in [4.69, 9.17) is 26.2 Å². The topological polar surface area (TPSA) is 167 Å². The van der Waals surface area contributed by atoms with E-state index < -0.39 is 22.2 Å². The molecule has 0 bridgehead atoms. The molecule has 9 nitrogen and oxygen atoms in total. The second kappa shape index (κ2) is 11.7. The third-order valence-electron chi connectivity index (χ3n) is 6.74. The Balaban J connectivity index is 1.39. The van der Waals surface area contributed by atoms with Crippen molar-refractivity contribution in [2.75, 3.05) is 11.5 Å². The molecule has 1 aromatic heterocycles. The molecule has 0 radical (unpaired) electrons. The molecule has 0 amide bonds. The van der Waals surface area contributed by atoms with Gasteiger partial charge in [-0.25, -0.2) is 9.97 Å². The molecule has 2 unspecified atom stereocenters. The molecule has 0 saturated carbocycles. The fourth-order valence-corrected chi connectivity index (χ4v) is 5.43. The molecule has 0 aliphatic heterocycles. The zero-order valence-electron chi connectivity index (χ0n) is 22.3. The number of hydrogen-bond donors (Lipinski definition) is 2. The number of nitrogen functional groups attached to an aromatic ring is 2. The van der Waals surface area contributed by atoms with Crippen molar-refractivity contribution in [3.8, 4) is 45.1 Å². The van der Waals surface area contributed by atoms with Crippen molar-refractivity contribution in [1.29, 1.82) is 0 Å². The Bertz CT molecular complexity index is 2020. The third kappa shape index (κ3) is 6.01. The summed E-state index contributed by atoms with van der Waals surface area (Å²) in [5, 5.41) is 0. The number of hydrogen-bond acceptors (Lipinski definition) is 9. The fraction of sp³-hybridized carbons (Fsp3) is 0. The van der Waals surface area contributed by atoms with E-state index in [1.807, 2.05) is 24.3 Å². The Labute approximate surface area is 251 Å². The molecule has 5 aromatic carbocycles. The first-order valence-electron chi connectivity index (χ1n) is 12.9. The maximum Gasteiger partial charge on any atom is 0.142 e. The minimum Gasteiger partial charge on any atom is -0.768 e. The second-order valence-electron chi connectivity index (χ2n) is 9.57. The maximum atomic E-state index is 12.2. The summed E-state index contributed by atoms with van der Waals surface area (Å²) in [5.41, 5.74) is 18.4. The first kappa shape index (κ1) is 28.2. The van der Waals surface area contributed by atoms with E-state index in [0.717, 1.165) is 11.1 Å². The zero-order chi connectivity index (χ0) is 30.1. The number of anilines is 2. The van der Waals surface area contributed by atoms with E-state index in [2.05, 4.69) is 0 Å². The lowest BCUT2D eigenvalue weighted by Crippen LogP contribution is -1.98. The standard InChI is InChI=1S/C32H24N4O5S2/c33-23-8-1-20(2-9-23)31-32(21-3-10-24(34)11-4-21)36-28-18-25(12-15-27(28)35-31)41-29-16-7-22(17-30(29)43(39)40)19-5-13-26(14-6-19)42(37)38/h1-18H,33-34H2,(H,37,38)(H,39,40)/p-2. The Morgan fingerprint density at radius 2 is 1.09 bits per heavy atom. The van der Waals surface area contributed by atoms with Crippen LogP contribution in [-0.4, -0.2) is 27.5 Å². The van der Waals surface area contributed by atoms with Crippen molar-refractivity contribution in [3.05, 3.63) is 109 Å². The van der Waals surface area contributed by atoms with Crippen LogP contribution in [-0.2, 0) is 22.2 Å². The maximum absolute atomic E-state index is 12.2. The van der Waals surface area contributed by atoms with Gasteiger partial charge in [-0.05, 0) is 94.0 Å². The molecule has 6 rings (SSSR count). The van der Waals surface area contributed by atoms with Crippen LogP contribution in [0.15, 0.2) is 119 Å². The average Bonchev–Trinajstić information content (AvgIpc) is 3.01. The van der Waals surface area contributed by atoms with Gasteiger partial charge in [-0.3, -0.25) is 8.42 Å². The number of rotatable bonds is 7. The van der Waals surface area contributed by atoms with Gasteiger partial charge in [-0.2, -0.15) is 0 Å². The van der Waals surface area contributed by atoms with Gasteiger partial charge in [0.25, 0.3) is 0 Å². The van der Waals surface area contributed by atoms with E-state index >= 15 is 0 Å². The van der Waals surface area contributed by atoms with E-state index in [-0.39, 0.29) is 15.5 Å². The first-order chi connectivity index (χ1) is 20.7. The summed E-state index contributed by atoms with van der Waals surface area (Å²) in [5.74, 6) is 0.492. The Kier molecular flexibility index (Phi) is 7.70. The molecule has 1 heterocycles. The molecule has 214 valence electrons. The molecule has 0 fully saturated rings. The number of nitrogens with two attached hydrogens (primary N) is 2. The lowest BCUT2D eigenvalue weighted by Gasteiger charge is -2.16. The van der Waals surface area contributed by atoms with Crippen molar-refractivity contribution >= 4 is 44.6 Å². The van der Waals surface area contributed by atoms with Gasteiger partial charge in [0.05, 0.1) is 27.3 Å². The molecule has 0 aliphatic rings. The van der Waals surface area contributed by atoms with E-state index in [9.17, 15) is 17.5 Å². The summed E-state index contributed by atoms with van der Waals surface area (Å²) in [6, 6.07) is 30.7. The summed E-state index contributed by atoms with van der Waals surface area (Å²) in [4.78, 5) is 9.91. The summed E-state index contributed by atoms with van der Waals surface area (Å²) in [6.07, 6.45) is 0. The van der Waals surface area contributed by atoms with E-state index in [1.54, 1.807) is 66.7 Å². The Hall–Kier alpha value is -4.94. The summed E-state index contributed by atoms with van der Waals surface area (Å²) in [6.45, 7) is 0. The normalized spacial score (nSPS) is 12.6. The average molecular weight is 607 g/mol. The predicted molar refractivity (Wildman–Crippen MR) is 166 cm³/mol. The monoisotopic (exact) mass is 606 g/mol. The van der Waals surface area contributed by atoms with Crippen molar-refractivity contribution in [3.63, 3.8) is 0 Å². The highest BCUT2D eigenvalue weighted by atomic mass is 32.2. The van der Waals surface area contributed by atoms with Gasteiger partial charge in [0.2, 0.25) is 0 Å². The van der Waals surface area contributed by atoms with Crippen LogP contribution in [0.25, 0.3) is 44.7 Å². The van der Waals surface area contributed by atoms with Crippen molar-refractivity contribution in [2.45, 2.75) is 9.79 Å². The minimum atomic E-state index is -2.61. The van der Waals surface area contributed by atoms with Crippen LogP contribution in [0.5, 0.6) is 11.5 Å². The number of ether oxygens (including phenoxy) is 1. The number of fused-ring (bicyclic) bond motifs is 1. The van der Waals surface area contributed by atoms with Gasteiger partial charge in [-0.1, -0.05) is 42.5 Å². The Morgan fingerprint density at radius 1 is 0.558 bits per heavy atom. The van der Waals surface area contributed by atoms with Crippen molar-refractivity contribution in [1.82, 2.24) is 9.97 Å².